The number of rotatable bonds is 0. The summed E-state index contributed by atoms with van der Waals surface area (Å²) in [5, 5.41) is 17.1. The Kier molecular flexibility index (Phi) is 2.61. The molecule has 1 saturated carbocycles. The Balaban J connectivity index is 2.79. The van der Waals surface area contributed by atoms with E-state index in [0.717, 1.165) is 5.57 Å². The molecule has 0 aromatic carbocycles. The number of hydrogen-bond acceptors (Lipinski definition) is 3. The molecule has 0 spiro atoms. The predicted octanol–water partition coefficient (Wildman–Crippen LogP) is 1.47. The molecule has 0 aromatic heterocycles. The van der Waals surface area contributed by atoms with Crippen LogP contribution in [0.3, 0.4) is 0 Å². The van der Waals surface area contributed by atoms with Crippen molar-refractivity contribution in [1.82, 2.24) is 0 Å². The second-order valence-corrected chi connectivity index (χ2v) is 2.74. The Morgan fingerprint density at radius 3 is 2.00 bits per heavy atom. The summed E-state index contributed by atoms with van der Waals surface area (Å²) in [6.45, 7) is 0. The Labute approximate surface area is 70.9 Å². The Bertz CT molecular complexity index is 286. The van der Waals surface area contributed by atoms with Gasteiger partial charge in [0.1, 0.15) is 23.5 Å². The van der Waals surface area contributed by atoms with Crippen LogP contribution in [0.1, 0.15) is 25.7 Å². The number of hydrogen-bond donors (Lipinski definition) is 0. The minimum absolute atomic E-state index is 0.197. The highest BCUT2D eigenvalue weighted by atomic mass is 16.1. The van der Waals surface area contributed by atoms with Crippen molar-refractivity contribution >= 4 is 5.78 Å². The van der Waals surface area contributed by atoms with Gasteiger partial charge in [-0.15, -0.1) is 0 Å². The van der Waals surface area contributed by atoms with Gasteiger partial charge in [-0.2, -0.15) is 10.5 Å². The van der Waals surface area contributed by atoms with Crippen LogP contribution in [-0.4, -0.2) is 5.78 Å². The van der Waals surface area contributed by atoms with Crippen LogP contribution in [0.2, 0.25) is 0 Å². The molecule has 12 heavy (non-hydrogen) atoms. The van der Waals surface area contributed by atoms with Crippen LogP contribution in [0.15, 0.2) is 11.1 Å². The normalized spacial score (nSPS) is 16.5. The second kappa shape index (κ2) is 3.69. The number of carbonyl (C=O) groups is 1. The summed E-state index contributed by atoms with van der Waals surface area (Å²) >= 11 is 0. The van der Waals surface area contributed by atoms with Crippen molar-refractivity contribution in [3.05, 3.63) is 11.1 Å². The highest BCUT2D eigenvalue weighted by molar-refractivity contribution is 5.80. The van der Waals surface area contributed by atoms with Crippen LogP contribution in [-0.2, 0) is 4.79 Å². The van der Waals surface area contributed by atoms with E-state index in [0.29, 0.717) is 25.7 Å². The number of allylic oxidation sites excluding steroid dienone is 2. The maximum absolute atomic E-state index is 10.8. The molecule has 0 atom stereocenters. The summed E-state index contributed by atoms with van der Waals surface area (Å²) in [5.41, 5.74) is 1.04. The van der Waals surface area contributed by atoms with Crippen LogP contribution >= 0.6 is 0 Å². The van der Waals surface area contributed by atoms with Gasteiger partial charge in [0.15, 0.2) is 0 Å². The van der Waals surface area contributed by atoms with E-state index in [1.807, 2.05) is 12.1 Å². The molecule has 0 unspecified atom stereocenters. The summed E-state index contributed by atoms with van der Waals surface area (Å²) < 4.78 is 0. The average Bonchev–Trinajstić information content (AvgIpc) is 2.10. The van der Waals surface area contributed by atoms with E-state index in [4.69, 9.17) is 10.5 Å². The molecule has 0 bridgehead atoms. The Hall–Kier alpha value is -1.61. The SMILES string of the molecule is N#CC(C#N)=C1CCC(=O)CC1. The zero-order valence-corrected chi connectivity index (χ0v) is 6.63. The van der Waals surface area contributed by atoms with E-state index < -0.39 is 0 Å². The number of nitriles is 2. The summed E-state index contributed by atoms with van der Waals surface area (Å²) in [6, 6.07) is 3.69. The average molecular weight is 160 g/mol. The fourth-order valence-electron chi connectivity index (χ4n) is 1.26. The lowest BCUT2D eigenvalue weighted by molar-refractivity contribution is -0.119. The van der Waals surface area contributed by atoms with Crippen molar-refractivity contribution in [2.24, 2.45) is 0 Å². The second-order valence-electron chi connectivity index (χ2n) is 2.74. The van der Waals surface area contributed by atoms with Gasteiger partial charge in [-0.1, -0.05) is 0 Å². The van der Waals surface area contributed by atoms with Gasteiger partial charge in [0.25, 0.3) is 0 Å². The molecular weight excluding hydrogens is 152 g/mol. The summed E-state index contributed by atoms with van der Waals surface area (Å²) in [5.74, 6) is 0.231. The molecule has 0 amide bonds. The minimum atomic E-state index is 0.197. The standard InChI is InChI=1S/C9H8N2O/c10-5-8(6-11)7-1-3-9(12)4-2-7/h1-4H2. The van der Waals surface area contributed by atoms with Gasteiger partial charge >= 0.3 is 0 Å². The zero-order chi connectivity index (χ0) is 8.97. The molecule has 0 radical (unpaired) electrons. The van der Waals surface area contributed by atoms with Gasteiger partial charge in [-0.25, -0.2) is 0 Å². The van der Waals surface area contributed by atoms with Crippen LogP contribution in [0.25, 0.3) is 0 Å². The first kappa shape index (κ1) is 8.49. The molecule has 3 heteroatoms. The third-order valence-corrected chi connectivity index (χ3v) is 1.99. The van der Waals surface area contributed by atoms with Crippen LogP contribution in [0.5, 0.6) is 0 Å². The molecule has 60 valence electrons. The molecule has 0 aliphatic heterocycles. The van der Waals surface area contributed by atoms with Crippen molar-refractivity contribution in [3.8, 4) is 12.1 Å². The van der Waals surface area contributed by atoms with Gasteiger partial charge in [-0.3, -0.25) is 4.79 Å². The van der Waals surface area contributed by atoms with Crippen LogP contribution in [0.4, 0.5) is 0 Å². The van der Waals surface area contributed by atoms with E-state index >= 15 is 0 Å². The molecule has 0 heterocycles. The first-order chi connectivity index (χ1) is 5.77. The molecule has 1 rings (SSSR count). The Morgan fingerprint density at radius 2 is 1.58 bits per heavy atom. The lowest BCUT2D eigenvalue weighted by atomic mass is 9.91. The number of carbonyl (C=O) groups excluding carboxylic acids is 1. The van der Waals surface area contributed by atoms with Crippen LogP contribution in [0, 0.1) is 22.7 Å². The van der Waals surface area contributed by atoms with Crippen molar-refractivity contribution in [2.45, 2.75) is 25.7 Å². The number of nitrogens with zero attached hydrogens (tertiary/aromatic N) is 2. The fourth-order valence-corrected chi connectivity index (χ4v) is 1.26. The molecule has 1 aliphatic rings. The predicted molar refractivity (Wildman–Crippen MR) is 41.7 cm³/mol. The monoisotopic (exact) mass is 160 g/mol. The lowest BCUT2D eigenvalue weighted by Crippen LogP contribution is -2.07. The largest absolute Gasteiger partial charge is 0.300 e. The van der Waals surface area contributed by atoms with Gasteiger partial charge in [-0.05, 0) is 18.4 Å². The van der Waals surface area contributed by atoms with Crippen LogP contribution < -0.4 is 0 Å². The zero-order valence-electron chi connectivity index (χ0n) is 6.63. The molecule has 3 nitrogen and oxygen atoms in total. The third-order valence-electron chi connectivity index (χ3n) is 1.99. The molecule has 0 N–H and O–H groups in total. The molecule has 0 saturated heterocycles. The van der Waals surface area contributed by atoms with Crippen molar-refractivity contribution in [3.63, 3.8) is 0 Å². The summed E-state index contributed by atoms with van der Waals surface area (Å²) in [7, 11) is 0. The lowest BCUT2D eigenvalue weighted by Gasteiger charge is -2.11. The van der Waals surface area contributed by atoms with Crippen molar-refractivity contribution in [2.75, 3.05) is 0 Å². The highest BCUT2D eigenvalue weighted by Gasteiger charge is 2.15. The highest BCUT2D eigenvalue weighted by Crippen LogP contribution is 2.23. The maximum Gasteiger partial charge on any atom is 0.133 e. The maximum atomic E-state index is 10.8. The molecule has 1 fully saturated rings. The first-order valence-corrected chi connectivity index (χ1v) is 3.82. The van der Waals surface area contributed by atoms with E-state index in [-0.39, 0.29) is 11.4 Å². The minimum Gasteiger partial charge on any atom is -0.300 e. The molecule has 1 aliphatic carbocycles. The Morgan fingerprint density at radius 1 is 1.08 bits per heavy atom. The summed E-state index contributed by atoms with van der Waals surface area (Å²) in [6.07, 6.45) is 2.16. The van der Waals surface area contributed by atoms with Gasteiger partial charge < -0.3 is 0 Å². The number of ketones is 1. The topological polar surface area (TPSA) is 64.7 Å². The van der Waals surface area contributed by atoms with E-state index in [1.165, 1.54) is 0 Å². The molecule has 0 aromatic rings. The quantitative estimate of drug-likeness (QED) is 0.504. The number of Topliss-reactive ketones (excluding diaryl/α,β-unsaturated/α-hetero) is 1. The van der Waals surface area contributed by atoms with Gasteiger partial charge in [0, 0.05) is 12.8 Å². The summed E-state index contributed by atoms with van der Waals surface area (Å²) in [4.78, 5) is 10.8. The third kappa shape index (κ3) is 1.71. The smallest absolute Gasteiger partial charge is 0.133 e. The van der Waals surface area contributed by atoms with Crippen molar-refractivity contribution in [1.29, 1.82) is 10.5 Å². The fraction of sp³-hybridized carbons (Fsp3) is 0.444. The van der Waals surface area contributed by atoms with E-state index in [9.17, 15) is 4.79 Å². The van der Waals surface area contributed by atoms with Gasteiger partial charge in [0.2, 0.25) is 0 Å². The van der Waals surface area contributed by atoms with Crippen molar-refractivity contribution < 1.29 is 4.79 Å². The first-order valence-electron chi connectivity index (χ1n) is 3.82. The van der Waals surface area contributed by atoms with Gasteiger partial charge in [0.05, 0.1) is 0 Å². The van der Waals surface area contributed by atoms with E-state index in [2.05, 4.69) is 0 Å². The van der Waals surface area contributed by atoms with E-state index in [1.54, 1.807) is 0 Å². The molecular formula is C9H8N2O.